The third-order valence-corrected chi connectivity index (χ3v) is 6.68. The Bertz CT molecular complexity index is 1080. The van der Waals surface area contributed by atoms with Crippen LogP contribution in [-0.4, -0.2) is 48.9 Å². The van der Waals surface area contributed by atoms with Crippen molar-refractivity contribution in [1.29, 1.82) is 0 Å². The molecule has 5 rings (SSSR count). The highest BCUT2D eigenvalue weighted by Gasteiger charge is 2.29. The van der Waals surface area contributed by atoms with Gasteiger partial charge in [0.25, 0.3) is 0 Å². The van der Waals surface area contributed by atoms with E-state index in [2.05, 4.69) is 44.0 Å². The Morgan fingerprint density at radius 3 is 3.00 bits per heavy atom. The van der Waals surface area contributed by atoms with Crippen LogP contribution in [0.1, 0.15) is 12.0 Å². The number of nitrogens with zero attached hydrogens (tertiary/aromatic N) is 3. The molecule has 0 spiro atoms. The van der Waals surface area contributed by atoms with Crippen molar-refractivity contribution in [3.8, 4) is 10.6 Å². The molecule has 0 aliphatic carbocycles. The molecule has 0 bridgehead atoms. The number of fused-ring (bicyclic) bond motifs is 1. The van der Waals surface area contributed by atoms with E-state index in [0.29, 0.717) is 0 Å². The summed E-state index contributed by atoms with van der Waals surface area (Å²) in [6.45, 7) is 5.17. The van der Waals surface area contributed by atoms with E-state index < -0.39 is 5.79 Å². The number of para-hydroxylation sites is 1. The van der Waals surface area contributed by atoms with E-state index in [4.69, 9.17) is 10.7 Å². The van der Waals surface area contributed by atoms with Crippen LogP contribution in [0.2, 0.25) is 0 Å². The monoisotopic (exact) mass is 433 g/mol. The zero-order valence-electron chi connectivity index (χ0n) is 17.3. The maximum atomic E-state index is 6.67. The number of aromatic nitrogens is 1. The Labute approximate surface area is 186 Å². The Morgan fingerprint density at radius 2 is 2.13 bits per heavy atom. The first-order valence-corrected chi connectivity index (χ1v) is 11.5. The molecule has 2 aliphatic rings. The lowest BCUT2D eigenvalue weighted by atomic mass is 10.0. The van der Waals surface area contributed by atoms with Gasteiger partial charge in [-0.15, -0.1) is 11.3 Å². The van der Waals surface area contributed by atoms with Crippen LogP contribution in [0.25, 0.3) is 20.8 Å². The quantitative estimate of drug-likeness (QED) is 0.428. The van der Waals surface area contributed by atoms with Crippen LogP contribution in [0.5, 0.6) is 0 Å². The zero-order valence-corrected chi connectivity index (χ0v) is 18.2. The number of aliphatic imine (C=N–C) groups is 1. The van der Waals surface area contributed by atoms with Crippen molar-refractivity contribution < 1.29 is 0 Å². The summed E-state index contributed by atoms with van der Waals surface area (Å²) in [5.41, 5.74) is 9.63. The van der Waals surface area contributed by atoms with E-state index in [-0.39, 0.29) is 0 Å². The molecule has 0 amide bonds. The Morgan fingerprint density at radius 1 is 1.19 bits per heavy atom. The Hall–Kier alpha value is -2.78. The smallest absolute Gasteiger partial charge is 0.210 e. The number of thiazole rings is 1. The first kappa shape index (κ1) is 20.1. The summed E-state index contributed by atoms with van der Waals surface area (Å²) in [7, 11) is 0. The van der Waals surface area contributed by atoms with Gasteiger partial charge in [-0.3, -0.25) is 10.6 Å². The molecular weight excluding hydrogens is 406 g/mol. The second-order valence-electron chi connectivity index (χ2n) is 7.87. The first-order valence-electron chi connectivity index (χ1n) is 10.7. The summed E-state index contributed by atoms with van der Waals surface area (Å²) in [5, 5.41) is 11.2. The molecule has 1 fully saturated rings. The minimum absolute atomic E-state index is 0.880. The van der Waals surface area contributed by atoms with Crippen LogP contribution >= 0.6 is 11.3 Å². The molecule has 2 aliphatic heterocycles. The summed E-state index contributed by atoms with van der Waals surface area (Å²) >= 11 is 1.69. The van der Waals surface area contributed by atoms with Gasteiger partial charge in [-0.2, -0.15) is 0 Å². The van der Waals surface area contributed by atoms with E-state index in [9.17, 15) is 0 Å². The molecule has 3 aromatic rings. The Balaban J connectivity index is 1.26. The molecule has 1 aromatic heterocycles. The van der Waals surface area contributed by atoms with E-state index in [1.54, 1.807) is 17.6 Å². The lowest BCUT2D eigenvalue weighted by Gasteiger charge is -2.32. The summed E-state index contributed by atoms with van der Waals surface area (Å²) in [5.74, 6) is -0.120. The fourth-order valence-electron chi connectivity index (χ4n) is 3.91. The van der Waals surface area contributed by atoms with Crippen molar-refractivity contribution in [3.05, 3.63) is 66.0 Å². The predicted octanol–water partition coefficient (Wildman–Crippen LogP) is 2.39. The van der Waals surface area contributed by atoms with Gasteiger partial charge in [0.15, 0.2) is 0 Å². The molecular formula is C23H27N7S. The van der Waals surface area contributed by atoms with Gasteiger partial charge in [0.1, 0.15) is 10.8 Å². The number of allylic oxidation sites excluding steroid dienone is 1. The highest BCUT2D eigenvalue weighted by Crippen LogP contribution is 2.32. The third-order valence-electron chi connectivity index (χ3n) is 5.59. The van der Waals surface area contributed by atoms with Crippen LogP contribution in [0.4, 0.5) is 0 Å². The van der Waals surface area contributed by atoms with E-state index in [0.717, 1.165) is 66.7 Å². The highest BCUT2D eigenvalue weighted by atomic mass is 32.1. The average Bonchev–Trinajstić information content (AvgIpc) is 3.47. The van der Waals surface area contributed by atoms with Gasteiger partial charge in [0.2, 0.25) is 5.79 Å². The fraction of sp³-hybridized carbons (Fsp3) is 0.304. The number of rotatable bonds is 7. The number of benzene rings is 2. The standard InChI is InChI=1S/C23H27N7S/c24-23(27-11-9-21(29-23)26-10-4-13-30-14-12-25-16-30)18-6-3-5-17(15-18)22-28-19-7-1-2-8-20(19)31-22/h1-3,5-9,11,15,25-26,29H,4,10,12-14,16,24H2. The van der Waals surface area contributed by atoms with Crippen molar-refractivity contribution in [3.63, 3.8) is 0 Å². The number of nitrogens with two attached hydrogens (primary N) is 1. The fourth-order valence-corrected chi connectivity index (χ4v) is 4.88. The lowest BCUT2D eigenvalue weighted by molar-refractivity contribution is 0.325. The van der Waals surface area contributed by atoms with Crippen LogP contribution in [0, 0.1) is 0 Å². The lowest BCUT2D eigenvalue weighted by Crippen LogP contribution is -2.52. The SMILES string of the molecule is NC1(c2cccc(-c3nc4ccccc4s3)c2)N=CC=C(NCCCN2CCNC2)N1. The summed E-state index contributed by atoms with van der Waals surface area (Å²) < 4.78 is 1.18. The van der Waals surface area contributed by atoms with Gasteiger partial charge in [0, 0.05) is 50.2 Å². The largest absolute Gasteiger partial charge is 0.372 e. The van der Waals surface area contributed by atoms with Crippen LogP contribution < -0.4 is 21.7 Å². The molecule has 8 heteroatoms. The van der Waals surface area contributed by atoms with Crippen molar-refractivity contribution in [2.75, 3.05) is 32.8 Å². The van der Waals surface area contributed by atoms with Gasteiger partial charge in [-0.05, 0) is 30.7 Å². The first-order chi connectivity index (χ1) is 15.2. The molecule has 0 radical (unpaired) electrons. The van der Waals surface area contributed by atoms with E-state index >= 15 is 0 Å². The minimum Gasteiger partial charge on any atom is -0.372 e. The molecule has 7 nitrogen and oxygen atoms in total. The molecule has 1 unspecified atom stereocenters. The molecule has 5 N–H and O–H groups in total. The van der Waals surface area contributed by atoms with Gasteiger partial charge in [-0.1, -0.05) is 30.3 Å². The van der Waals surface area contributed by atoms with E-state index in [1.807, 2.05) is 36.4 Å². The van der Waals surface area contributed by atoms with Crippen molar-refractivity contribution in [2.24, 2.45) is 10.7 Å². The molecule has 2 aromatic carbocycles. The van der Waals surface area contributed by atoms with Crippen LogP contribution in [-0.2, 0) is 5.79 Å². The predicted molar refractivity (Wildman–Crippen MR) is 128 cm³/mol. The number of nitrogens with one attached hydrogen (secondary N) is 3. The van der Waals surface area contributed by atoms with Crippen LogP contribution in [0.15, 0.2) is 65.4 Å². The summed E-state index contributed by atoms with van der Waals surface area (Å²) in [6, 6.07) is 16.4. The molecule has 160 valence electrons. The van der Waals surface area contributed by atoms with Gasteiger partial charge in [0.05, 0.1) is 10.2 Å². The van der Waals surface area contributed by atoms with Crippen molar-refractivity contribution in [2.45, 2.75) is 12.2 Å². The van der Waals surface area contributed by atoms with Gasteiger partial charge in [-0.25, -0.2) is 9.98 Å². The number of hydrogen-bond donors (Lipinski definition) is 4. The minimum atomic E-state index is -1.01. The van der Waals surface area contributed by atoms with Gasteiger partial charge >= 0.3 is 0 Å². The maximum Gasteiger partial charge on any atom is 0.210 e. The zero-order chi connectivity index (χ0) is 21.1. The van der Waals surface area contributed by atoms with Crippen molar-refractivity contribution >= 4 is 27.8 Å². The average molecular weight is 434 g/mol. The molecule has 1 saturated heterocycles. The molecule has 31 heavy (non-hydrogen) atoms. The topological polar surface area (TPSA) is 90.6 Å². The highest BCUT2D eigenvalue weighted by molar-refractivity contribution is 7.21. The molecule has 3 heterocycles. The molecule has 0 saturated carbocycles. The Kier molecular flexibility index (Phi) is 5.69. The second-order valence-corrected chi connectivity index (χ2v) is 8.90. The molecule has 1 atom stereocenters. The maximum absolute atomic E-state index is 6.67. The second kappa shape index (κ2) is 8.76. The van der Waals surface area contributed by atoms with Crippen molar-refractivity contribution in [1.82, 2.24) is 25.8 Å². The summed E-state index contributed by atoms with van der Waals surface area (Å²) in [6.07, 6.45) is 4.77. The normalized spacial score (nSPS) is 21.3. The number of hydrogen-bond acceptors (Lipinski definition) is 8. The van der Waals surface area contributed by atoms with Crippen LogP contribution in [0.3, 0.4) is 0 Å². The van der Waals surface area contributed by atoms with E-state index in [1.165, 1.54) is 4.70 Å². The van der Waals surface area contributed by atoms with Gasteiger partial charge < -0.3 is 16.0 Å². The summed E-state index contributed by atoms with van der Waals surface area (Å²) in [4.78, 5) is 11.7. The third kappa shape index (κ3) is 4.47.